The van der Waals surface area contributed by atoms with Crippen LogP contribution in [0.15, 0.2) is 24.3 Å². The number of hydrogen-bond donors (Lipinski definition) is 1. The van der Waals surface area contributed by atoms with Gasteiger partial charge in [-0.2, -0.15) is 5.10 Å². The van der Waals surface area contributed by atoms with Crippen molar-refractivity contribution in [3.8, 4) is 17.1 Å². The molecule has 0 spiro atoms. The Morgan fingerprint density at radius 2 is 2.05 bits per heavy atom. The standard InChI is InChI=1S/C13H15N3O3/c1-16-11(7-8-12(17)18)14-13(15-16)9-3-5-10(19-2)6-4-9/h3-6H,7-8H2,1-2H3,(H,17,18). The maximum atomic E-state index is 10.6. The number of benzene rings is 1. The molecule has 1 aromatic heterocycles. The number of aryl methyl sites for hydroxylation is 2. The quantitative estimate of drug-likeness (QED) is 0.882. The van der Waals surface area contributed by atoms with Crippen LogP contribution >= 0.6 is 0 Å². The van der Waals surface area contributed by atoms with Crippen molar-refractivity contribution in [3.63, 3.8) is 0 Å². The maximum Gasteiger partial charge on any atom is 0.303 e. The minimum atomic E-state index is -0.839. The van der Waals surface area contributed by atoms with E-state index in [2.05, 4.69) is 10.1 Å². The molecule has 0 atom stereocenters. The van der Waals surface area contributed by atoms with Crippen LogP contribution in [0.3, 0.4) is 0 Å². The second-order valence-corrected chi connectivity index (χ2v) is 4.10. The zero-order chi connectivity index (χ0) is 13.8. The van der Waals surface area contributed by atoms with Gasteiger partial charge in [-0.05, 0) is 24.3 Å². The molecule has 0 bridgehead atoms. The lowest BCUT2D eigenvalue weighted by molar-refractivity contribution is -0.137. The highest BCUT2D eigenvalue weighted by molar-refractivity contribution is 5.67. The average Bonchev–Trinajstić information content (AvgIpc) is 2.78. The van der Waals surface area contributed by atoms with E-state index in [0.717, 1.165) is 11.3 Å². The van der Waals surface area contributed by atoms with Crippen LogP contribution in [0, 0.1) is 0 Å². The summed E-state index contributed by atoms with van der Waals surface area (Å²) in [5.41, 5.74) is 0.873. The van der Waals surface area contributed by atoms with Gasteiger partial charge in [0.2, 0.25) is 0 Å². The number of ether oxygens (including phenoxy) is 1. The van der Waals surface area contributed by atoms with Crippen molar-refractivity contribution in [3.05, 3.63) is 30.1 Å². The van der Waals surface area contributed by atoms with Crippen LogP contribution in [0.5, 0.6) is 5.75 Å². The van der Waals surface area contributed by atoms with Crippen molar-refractivity contribution < 1.29 is 14.6 Å². The van der Waals surface area contributed by atoms with Crippen LogP contribution in [0.1, 0.15) is 12.2 Å². The van der Waals surface area contributed by atoms with Crippen LogP contribution in [0.25, 0.3) is 11.4 Å². The highest BCUT2D eigenvalue weighted by Crippen LogP contribution is 2.19. The molecule has 6 nitrogen and oxygen atoms in total. The number of carbonyl (C=O) groups is 1. The molecule has 0 aliphatic rings. The molecule has 0 aliphatic carbocycles. The second-order valence-electron chi connectivity index (χ2n) is 4.10. The average molecular weight is 261 g/mol. The van der Waals surface area contributed by atoms with Crippen molar-refractivity contribution in [2.75, 3.05) is 7.11 Å². The molecular weight excluding hydrogens is 246 g/mol. The van der Waals surface area contributed by atoms with E-state index in [1.807, 2.05) is 24.3 Å². The van der Waals surface area contributed by atoms with Gasteiger partial charge in [0, 0.05) is 19.0 Å². The zero-order valence-electron chi connectivity index (χ0n) is 10.8. The Bertz CT molecular complexity index is 575. The van der Waals surface area contributed by atoms with Gasteiger partial charge in [0.05, 0.1) is 13.5 Å². The van der Waals surface area contributed by atoms with E-state index < -0.39 is 5.97 Å². The molecule has 0 radical (unpaired) electrons. The normalized spacial score (nSPS) is 10.4. The molecule has 0 amide bonds. The van der Waals surface area contributed by atoms with Gasteiger partial charge in [0.1, 0.15) is 11.6 Å². The Morgan fingerprint density at radius 1 is 1.37 bits per heavy atom. The van der Waals surface area contributed by atoms with Crippen molar-refractivity contribution >= 4 is 5.97 Å². The Kier molecular flexibility index (Phi) is 3.79. The lowest BCUT2D eigenvalue weighted by Crippen LogP contribution is -2.03. The summed E-state index contributed by atoms with van der Waals surface area (Å²) in [6, 6.07) is 7.41. The first-order valence-electron chi connectivity index (χ1n) is 5.86. The SMILES string of the molecule is COc1ccc(-c2nc(CCC(=O)O)n(C)n2)cc1. The van der Waals surface area contributed by atoms with Gasteiger partial charge in [-0.3, -0.25) is 9.48 Å². The molecule has 1 aromatic carbocycles. The molecule has 0 fully saturated rings. The fourth-order valence-electron chi connectivity index (χ4n) is 1.72. The van der Waals surface area contributed by atoms with E-state index in [-0.39, 0.29) is 6.42 Å². The van der Waals surface area contributed by atoms with Crippen LogP contribution in [-0.2, 0) is 18.3 Å². The smallest absolute Gasteiger partial charge is 0.303 e. The summed E-state index contributed by atoms with van der Waals surface area (Å²) in [5.74, 6) is 1.18. The summed E-state index contributed by atoms with van der Waals surface area (Å²) in [6.45, 7) is 0. The second kappa shape index (κ2) is 5.51. The molecule has 0 aliphatic heterocycles. The first-order valence-corrected chi connectivity index (χ1v) is 5.86. The molecular formula is C13H15N3O3. The van der Waals surface area contributed by atoms with Crippen LogP contribution < -0.4 is 4.74 Å². The van der Waals surface area contributed by atoms with Gasteiger partial charge in [0.25, 0.3) is 0 Å². The maximum absolute atomic E-state index is 10.6. The van der Waals surface area contributed by atoms with Crippen molar-refractivity contribution in [1.29, 1.82) is 0 Å². The highest BCUT2D eigenvalue weighted by Gasteiger charge is 2.10. The van der Waals surface area contributed by atoms with Gasteiger partial charge >= 0.3 is 5.97 Å². The number of nitrogens with zero attached hydrogens (tertiary/aromatic N) is 3. The fourth-order valence-corrected chi connectivity index (χ4v) is 1.72. The third kappa shape index (κ3) is 3.09. The summed E-state index contributed by atoms with van der Waals surface area (Å²) in [7, 11) is 3.37. The van der Waals surface area contributed by atoms with Gasteiger partial charge in [-0.1, -0.05) is 0 Å². The Balaban J connectivity index is 2.20. The predicted octanol–water partition coefficient (Wildman–Crippen LogP) is 1.51. The third-order valence-corrected chi connectivity index (χ3v) is 2.76. The lowest BCUT2D eigenvalue weighted by Gasteiger charge is -1.99. The predicted molar refractivity (Wildman–Crippen MR) is 68.9 cm³/mol. The molecule has 0 saturated carbocycles. The zero-order valence-corrected chi connectivity index (χ0v) is 10.8. The Labute approximate surface area is 110 Å². The number of rotatable bonds is 5. The monoisotopic (exact) mass is 261 g/mol. The summed E-state index contributed by atoms with van der Waals surface area (Å²) < 4.78 is 6.70. The van der Waals surface area contributed by atoms with Crippen molar-refractivity contribution in [1.82, 2.24) is 14.8 Å². The first kappa shape index (κ1) is 13.1. The minimum Gasteiger partial charge on any atom is -0.497 e. The van der Waals surface area contributed by atoms with Crippen molar-refractivity contribution in [2.45, 2.75) is 12.8 Å². The molecule has 1 heterocycles. The molecule has 2 rings (SSSR count). The van der Waals surface area contributed by atoms with Crippen LogP contribution in [-0.4, -0.2) is 33.0 Å². The fraction of sp³-hybridized carbons (Fsp3) is 0.308. The molecule has 19 heavy (non-hydrogen) atoms. The van der Waals surface area contributed by atoms with Crippen molar-refractivity contribution in [2.24, 2.45) is 7.05 Å². The Morgan fingerprint density at radius 3 is 2.63 bits per heavy atom. The minimum absolute atomic E-state index is 0.0502. The van der Waals surface area contributed by atoms with Crippen LogP contribution in [0.2, 0.25) is 0 Å². The van der Waals surface area contributed by atoms with Gasteiger partial charge < -0.3 is 9.84 Å². The van der Waals surface area contributed by atoms with E-state index in [4.69, 9.17) is 9.84 Å². The van der Waals surface area contributed by atoms with E-state index >= 15 is 0 Å². The van der Waals surface area contributed by atoms with E-state index in [1.165, 1.54) is 0 Å². The number of carboxylic acid groups (broad SMARTS) is 1. The number of aromatic nitrogens is 3. The number of hydrogen-bond acceptors (Lipinski definition) is 4. The van der Waals surface area contributed by atoms with Crippen LogP contribution in [0.4, 0.5) is 0 Å². The summed E-state index contributed by atoms with van der Waals surface area (Å²) in [4.78, 5) is 14.9. The van der Waals surface area contributed by atoms with Gasteiger partial charge in [0.15, 0.2) is 5.82 Å². The number of aliphatic carboxylic acids is 1. The van der Waals surface area contributed by atoms with E-state index in [1.54, 1.807) is 18.8 Å². The largest absolute Gasteiger partial charge is 0.497 e. The molecule has 100 valence electrons. The van der Waals surface area contributed by atoms with Gasteiger partial charge in [-0.25, -0.2) is 4.98 Å². The Hall–Kier alpha value is -2.37. The summed E-state index contributed by atoms with van der Waals surface area (Å²) in [6.07, 6.45) is 0.420. The first-order chi connectivity index (χ1) is 9.10. The number of carboxylic acids is 1. The topological polar surface area (TPSA) is 77.2 Å². The molecule has 0 saturated heterocycles. The van der Waals surface area contributed by atoms with Gasteiger partial charge in [-0.15, -0.1) is 0 Å². The molecule has 1 N–H and O–H groups in total. The summed E-state index contributed by atoms with van der Waals surface area (Å²) >= 11 is 0. The number of methoxy groups -OCH3 is 1. The summed E-state index contributed by atoms with van der Waals surface area (Å²) in [5, 5.41) is 13.0. The van der Waals surface area contributed by atoms with E-state index in [9.17, 15) is 4.79 Å². The van der Waals surface area contributed by atoms with E-state index in [0.29, 0.717) is 18.1 Å². The lowest BCUT2D eigenvalue weighted by atomic mass is 10.2. The molecule has 0 unspecified atom stereocenters. The highest BCUT2D eigenvalue weighted by atomic mass is 16.5. The third-order valence-electron chi connectivity index (χ3n) is 2.76. The molecule has 6 heteroatoms. The molecule has 2 aromatic rings.